The Hall–Kier alpha value is -2.85. The first-order chi connectivity index (χ1) is 16.7. The summed E-state index contributed by atoms with van der Waals surface area (Å²) in [5.41, 5.74) is 3.80. The lowest BCUT2D eigenvalue weighted by Crippen LogP contribution is -1.97. The monoisotopic (exact) mass is 520 g/mol. The third-order valence-corrected chi connectivity index (χ3v) is 6.26. The lowest BCUT2D eigenvalue weighted by atomic mass is 10.0. The van der Waals surface area contributed by atoms with Crippen LogP contribution in [0.5, 0.6) is 11.5 Å². The van der Waals surface area contributed by atoms with Gasteiger partial charge in [0.05, 0.1) is 13.7 Å². The van der Waals surface area contributed by atoms with Crippen molar-refractivity contribution in [3.05, 3.63) is 90.0 Å². The van der Waals surface area contributed by atoms with E-state index in [4.69, 9.17) is 9.47 Å². The fourth-order valence-electron chi connectivity index (χ4n) is 3.65. The Morgan fingerprint density at radius 1 is 0.735 bits per heavy atom. The minimum absolute atomic E-state index is 0.0192. The first kappa shape index (κ1) is 25.8. The van der Waals surface area contributed by atoms with E-state index in [1.165, 1.54) is 32.1 Å². The van der Waals surface area contributed by atoms with Crippen LogP contribution < -0.4 is 9.47 Å². The summed E-state index contributed by atoms with van der Waals surface area (Å²) in [5.74, 6) is 1.68. The van der Waals surface area contributed by atoms with Crippen LogP contribution in [0.25, 0.3) is 17.2 Å². The Labute approximate surface area is 211 Å². The summed E-state index contributed by atoms with van der Waals surface area (Å²) in [6.45, 7) is 0.763. The number of carbonyl (C=O) groups is 1. The standard InChI is InChI=1S/C30H33BrO3/c1-33-28-17-8-24(9-18-28)10-21-30(32)27-13-11-25(12-14-27)26-15-19-29(20-16-26)34-23-7-5-3-2-4-6-22-31/h8-21H,2-7,22-23H2,1H3. The van der Waals surface area contributed by atoms with Crippen LogP contribution in [0.4, 0.5) is 0 Å². The predicted octanol–water partition coefficient (Wildman–Crippen LogP) is 8.37. The Kier molecular flexibility index (Phi) is 10.9. The maximum Gasteiger partial charge on any atom is 0.185 e. The van der Waals surface area contributed by atoms with E-state index in [1.54, 1.807) is 13.2 Å². The number of rotatable bonds is 14. The SMILES string of the molecule is COc1ccc(C=CC(=O)c2ccc(-c3ccc(OCCCCCCCCBr)cc3)cc2)cc1. The summed E-state index contributed by atoms with van der Waals surface area (Å²) in [6.07, 6.45) is 10.9. The number of alkyl halides is 1. The Morgan fingerprint density at radius 2 is 1.29 bits per heavy atom. The van der Waals surface area contributed by atoms with E-state index < -0.39 is 0 Å². The molecule has 0 saturated heterocycles. The number of methoxy groups -OCH3 is 1. The molecule has 0 aliphatic rings. The van der Waals surface area contributed by atoms with Gasteiger partial charge in [-0.05, 0) is 59.9 Å². The summed E-state index contributed by atoms with van der Waals surface area (Å²) >= 11 is 3.48. The smallest absolute Gasteiger partial charge is 0.185 e. The molecule has 3 aromatic carbocycles. The van der Waals surface area contributed by atoms with Gasteiger partial charge < -0.3 is 9.47 Å². The van der Waals surface area contributed by atoms with E-state index >= 15 is 0 Å². The Bertz CT molecular complexity index is 1020. The third kappa shape index (κ3) is 8.49. The average Bonchev–Trinajstić information content (AvgIpc) is 2.89. The molecule has 0 atom stereocenters. The van der Waals surface area contributed by atoms with Crippen molar-refractivity contribution in [1.29, 1.82) is 0 Å². The highest BCUT2D eigenvalue weighted by Crippen LogP contribution is 2.23. The van der Waals surface area contributed by atoms with Gasteiger partial charge in [-0.2, -0.15) is 0 Å². The molecule has 0 bridgehead atoms. The Balaban J connectivity index is 1.46. The number of benzene rings is 3. The lowest BCUT2D eigenvalue weighted by Gasteiger charge is -2.08. The van der Waals surface area contributed by atoms with Crippen molar-refractivity contribution in [3.8, 4) is 22.6 Å². The summed E-state index contributed by atoms with van der Waals surface area (Å²) in [4.78, 5) is 12.5. The number of hydrogen-bond acceptors (Lipinski definition) is 3. The van der Waals surface area contributed by atoms with E-state index in [1.807, 2.05) is 66.7 Å². The highest BCUT2D eigenvalue weighted by molar-refractivity contribution is 9.09. The van der Waals surface area contributed by atoms with Crippen LogP contribution in [0, 0.1) is 0 Å². The number of halogens is 1. The van der Waals surface area contributed by atoms with Crippen LogP contribution in [-0.2, 0) is 0 Å². The molecule has 0 aromatic heterocycles. The highest BCUT2D eigenvalue weighted by atomic mass is 79.9. The molecular formula is C30H33BrO3. The minimum atomic E-state index is -0.0192. The van der Waals surface area contributed by atoms with E-state index in [2.05, 4.69) is 28.1 Å². The highest BCUT2D eigenvalue weighted by Gasteiger charge is 2.04. The largest absolute Gasteiger partial charge is 0.497 e. The van der Waals surface area contributed by atoms with Gasteiger partial charge in [-0.25, -0.2) is 0 Å². The number of ketones is 1. The molecule has 0 N–H and O–H groups in total. The van der Waals surface area contributed by atoms with Crippen molar-refractivity contribution in [1.82, 2.24) is 0 Å². The van der Waals surface area contributed by atoms with Gasteiger partial charge in [0.15, 0.2) is 5.78 Å². The van der Waals surface area contributed by atoms with E-state index in [-0.39, 0.29) is 5.78 Å². The summed E-state index contributed by atoms with van der Waals surface area (Å²) in [6, 6.07) is 23.5. The molecule has 178 valence electrons. The van der Waals surface area contributed by atoms with Crippen molar-refractivity contribution < 1.29 is 14.3 Å². The molecule has 0 unspecified atom stereocenters. The second-order valence-corrected chi connectivity index (χ2v) is 9.02. The molecule has 3 rings (SSSR count). The van der Waals surface area contributed by atoms with Gasteiger partial charge in [0.1, 0.15) is 11.5 Å². The molecule has 0 aliphatic heterocycles. The maximum absolute atomic E-state index is 12.5. The molecule has 3 nitrogen and oxygen atoms in total. The zero-order valence-electron chi connectivity index (χ0n) is 19.8. The fraction of sp³-hybridized carbons (Fsp3) is 0.300. The van der Waals surface area contributed by atoms with Crippen molar-refractivity contribution in [2.24, 2.45) is 0 Å². The number of allylic oxidation sites excluding steroid dienone is 1. The number of unbranched alkanes of at least 4 members (excludes halogenated alkanes) is 5. The van der Waals surface area contributed by atoms with Crippen LogP contribution in [0.15, 0.2) is 78.9 Å². The van der Waals surface area contributed by atoms with Crippen LogP contribution >= 0.6 is 15.9 Å². The molecule has 3 aromatic rings. The second kappa shape index (κ2) is 14.4. The predicted molar refractivity (Wildman–Crippen MR) is 145 cm³/mol. The first-order valence-electron chi connectivity index (χ1n) is 12.0. The van der Waals surface area contributed by atoms with Crippen LogP contribution in [0.1, 0.15) is 54.4 Å². The van der Waals surface area contributed by atoms with Gasteiger partial charge in [0.2, 0.25) is 0 Å². The summed E-state index contributed by atoms with van der Waals surface area (Å²) in [5, 5.41) is 1.11. The molecule has 0 spiro atoms. The molecule has 0 heterocycles. The van der Waals surface area contributed by atoms with Crippen molar-refractivity contribution >= 4 is 27.8 Å². The third-order valence-electron chi connectivity index (χ3n) is 5.70. The zero-order valence-corrected chi connectivity index (χ0v) is 21.4. The molecular weight excluding hydrogens is 488 g/mol. The molecule has 0 aliphatic carbocycles. The van der Waals surface area contributed by atoms with Gasteiger partial charge in [0.25, 0.3) is 0 Å². The van der Waals surface area contributed by atoms with E-state index in [9.17, 15) is 4.79 Å². The molecule has 0 radical (unpaired) electrons. The first-order valence-corrected chi connectivity index (χ1v) is 13.1. The van der Waals surface area contributed by atoms with Crippen LogP contribution in [-0.4, -0.2) is 24.8 Å². The topological polar surface area (TPSA) is 35.5 Å². The Morgan fingerprint density at radius 3 is 1.91 bits per heavy atom. The lowest BCUT2D eigenvalue weighted by molar-refractivity contribution is 0.104. The van der Waals surface area contributed by atoms with Crippen molar-refractivity contribution in [2.75, 3.05) is 19.0 Å². The van der Waals surface area contributed by atoms with Crippen molar-refractivity contribution in [2.45, 2.75) is 38.5 Å². The summed E-state index contributed by atoms with van der Waals surface area (Å²) < 4.78 is 11.0. The maximum atomic E-state index is 12.5. The van der Waals surface area contributed by atoms with Crippen LogP contribution in [0.3, 0.4) is 0 Å². The molecule has 0 amide bonds. The molecule has 0 fully saturated rings. The average molecular weight is 521 g/mol. The molecule has 4 heteroatoms. The zero-order chi connectivity index (χ0) is 24.0. The van der Waals surface area contributed by atoms with Crippen molar-refractivity contribution in [3.63, 3.8) is 0 Å². The minimum Gasteiger partial charge on any atom is -0.497 e. The number of carbonyl (C=O) groups excluding carboxylic acids is 1. The van der Waals surface area contributed by atoms with Gasteiger partial charge in [-0.15, -0.1) is 0 Å². The quantitative estimate of drug-likeness (QED) is 0.0925. The molecule has 0 saturated carbocycles. The fourth-order valence-corrected chi connectivity index (χ4v) is 4.04. The van der Waals surface area contributed by atoms with Gasteiger partial charge in [0, 0.05) is 10.9 Å². The van der Waals surface area contributed by atoms with Gasteiger partial charge in [-0.3, -0.25) is 4.79 Å². The van der Waals surface area contributed by atoms with E-state index in [0.29, 0.717) is 5.56 Å². The van der Waals surface area contributed by atoms with Crippen LogP contribution in [0.2, 0.25) is 0 Å². The summed E-state index contributed by atoms with van der Waals surface area (Å²) in [7, 11) is 1.64. The molecule has 34 heavy (non-hydrogen) atoms. The second-order valence-electron chi connectivity index (χ2n) is 8.23. The van der Waals surface area contributed by atoms with Gasteiger partial charge >= 0.3 is 0 Å². The number of hydrogen-bond donors (Lipinski definition) is 0. The number of ether oxygens (including phenoxy) is 2. The van der Waals surface area contributed by atoms with Gasteiger partial charge in [-0.1, -0.05) is 96.2 Å². The normalized spacial score (nSPS) is 11.0. The van der Waals surface area contributed by atoms with E-state index in [0.717, 1.165) is 46.5 Å².